The monoisotopic (exact) mass is 355 g/mol. The van der Waals surface area contributed by atoms with E-state index in [9.17, 15) is 8.78 Å². The van der Waals surface area contributed by atoms with Gasteiger partial charge in [0.25, 0.3) is 0 Å². The van der Waals surface area contributed by atoms with Crippen molar-refractivity contribution < 1.29 is 13.5 Å². The van der Waals surface area contributed by atoms with Crippen LogP contribution < -0.4 is 10.1 Å². The average molecular weight is 356 g/mol. The Morgan fingerprint density at radius 1 is 1.14 bits per heavy atom. The summed E-state index contributed by atoms with van der Waals surface area (Å²) in [6, 6.07) is 14.9. The van der Waals surface area contributed by atoms with Crippen LogP contribution in [0.15, 0.2) is 53.0 Å². The summed E-state index contributed by atoms with van der Waals surface area (Å²) in [6.45, 7) is -0.330. The van der Waals surface area contributed by atoms with Crippen LogP contribution in [0.25, 0.3) is 0 Å². The van der Waals surface area contributed by atoms with Gasteiger partial charge >= 0.3 is 6.61 Å². The highest BCUT2D eigenvalue weighted by Crippen LogP contribution is 2.22. The van der Waals surface area contributed by atoms with Gasteiger partial charge in [0, 0.05) is 22.6 Å². The predicted molar refractivity (Wildman–Crippen MR) is 82.5 cm³/mol. The first-order valence-electron chi connectivity index (χ1n) is 6.58. The van der Waals surface area contributed by atoms with E-state index in [1.54, 1.807) is 24.3 Å². The number of hydrogen-bond acceptors (Lipinski definition) is 2. The lowest BCUT2D eigenvalue weighted by Gasteiger charge is -2.16. The second-order valence-corrected chi connectivity index (χ2v) is 5.56. The molecule has 0 fully saturated rings. The zero-order chi connectivity index (χ0) is 15.2. The molecule has 2 aromatic rings. The molecule has 0 amide bonds. The van der Waals surface area contributed by atoms with Crippen molar-refractivity contribution in [1.29, 1.82) is 0 Å². The number of alkyl halides is 2. The fourth-order valence-electron chi connectivity index (χ4n) is 2.02. The van der Waals surface area contributed by atoms with Crippen LogP contribution >= 0.6 is 15.9 Å². The molecular weight excluding hydrogens is 340 g/mol. The van der Waals surface area contributed by atoms with Gasteiger partial charge in [0.2, 0.25) is 0 Å². The van der Waals surface area contributed by atoms with E-state index in [0.717, 1.165) is 10.0 Å². The lowest BCUT2D eigenvalue weighted by Crippen LogP contribution is -2.19. The molecule has 2 rings (SSSR count). The van der Waals surface area contributed by atoms with Crippen molar-refractivity contribution in [3.63, 3.8) is 0 Å². The highest BCUT2D eigenvalue weighted by atomic mass is 79.9. The summed E-state index contributed by atoms with van der Waals surface area (Å²) in [5, 5.41) is 3.31. The lowest BCUT2D eigenvalue weighted by molar-refractivity contribution is -0.0505. The minimum Gasteiger partial charge on any atom is -0.434 e. The van der Waals surface area contributed by atoms with E-state index in [-0.39, 0.29) is 11.8 Å². The van der Waals surface area contributed by atoms with Crippen LogP contribution in [0.3, 0.4) is 0 Å². The van der Waals surface area contributed by atoms with Crippen LogP contribution in [-0.4, -0.2) is 6.61 Å². The Morgan fingerprint density at radius 2 is 1.90 bits per heavy atom. The second kappa shape index (κ2) is 7.52. The molecule has 2 aromatic carbocycles. The van der Waals surface area contributed by atoms with Crippen LogP contribution in [0.2, 0.25) is 0 Å². The minimum atomic E-state index is -2.81. The minimum absolute atomic E-state index is 0.0992. The van der Waals surface area contributed by atoms with Gasteiger partial charge in [0.05, 0.1) is 0 Å². The molecule has 1 N–H and O–H groups in total. The zero-order valence-electron chi connectivity index (χ0n) is 11.5. The molecule has 0 saturated heterocycles. The van der Waals surface area contributed by atoms with Crippen LogP contribution in [0.5, 0.6) is 5.75 Å². The third-order valence-corrected chi connectivity index (χ3v) is 3.63. The normalized spacial score (nSPS) is 12.4. The summed E-state index contributed by atoms with van der Waals surface area (Å²) >= 11 is 3.43. The lowest BCUT2D eigenvalue weighted by atomic mass is 10.1. The number of ether oxygens (including phenoxy) is 1. The standard InChI is InChI=1S/C16H16BrF2NO/c1-11(12-6-4-7-14(17)9-12)20-10-13-5-2-3-8-15(13)21-16(18)19/h2-9,11,16,20H,10H2,1H3. The molecule has 21 heavy (non-hydrogen) atoms. The number of halogens is 3. The quantitative estimate of drug-likeness (QED) is 0.795. The second-order valence-electron chi connectivity index (χ2n) is 4.64. The van der Waals surface area contributed by atoms with Gasteiger partial charge in [-0.2, -0.15) is 8.78 Å². The Morgan fingerprint density at radius 3 is 2.62 bits per heavy atom. The maximum atomic E-state index is 12.4. The molecule has 0 aromatic heterocycles. The van der Waals surface area contributed by atoms with Gasteiger partial charge in [-0.15, -0.1) is 0 Å². The molecule has 0 bridgehead atoms. The van der Waals surface area contributed by atoms with Gasteiger partial charge in [0.15, 0.2) is 0 Å². The van der Waals surface area contributed by atoms with Crippen LogP contribution in [0.4, 0.5) is 8.78 Å². The molecule has 2 nitrogen and oxygen atoms in total. The first-order valence-corrected chi connectivity index (χ1v) is 7.37. The van der Waals surface area contributed by atoms with Gasteiger partial charge in [-0.3, -0.25) is 0 Å². The van der Waals surface area contributed by atoms with E-state index in [4.69, 9.17) is 0 Å². The molecule has 0 heterocycles. The van der Waals surface area contributed by atoms with E-state index in [2.05, 4.69) is 26.0 Å². The predicted octanol–water partition coefficient (Wildman–Crippen LogP) is 4.90. The fraction of sp³-hybridized carbons (Fsp3) is 0.250. The molecule has 0 spiro atoms. The molecule has 1 atom stereocenters. The number of benzene rings is 2. The molecule has 0 radical (unpaired) electrons. The van der Waals surface area contributed by atoms with E-state index < -0.39 is 6.61 Å². The van der Waals surface area contributed by atoms with E-state index in [1.807, 2.05) is 31.2 Å². The molecule has 0 aliphatic rings. The number of nitrogens with one attached hydrogen (secondary N) is 1. The van der Waals surface area contributed by atoms with E-state index >= 15 is 0 Å². The van der Waals surface area contributed by atoms with Gasteiger partial charge in [-0.05, 0) is 30.7 Å². The Balaban J connectivity index is 2.02. The summed E-state index contributed by atoms with van der Waals surface area (Å²) in [7, 11) is 0. The Bertz CT molecular complexity index is 592. The summed E-state index contributed by atoms with van der Waals surface area (Å²) in [6.07, 6.45) is 0. The molecule has 5 heteroatoms. The Kier molecular flexibility index (Phi) is 5.70. The van der Waals surface area contributed by atoms with Crippen LogP contribution in [-0.2, 0) is 6.54 Å². The van der Waals surface area contributed by atoms with Crippen LogP contribution in [0, 0.1) is 0 Å². The first-order chi connectivity index (χ1) is 10.1. The third kappa shape index (κ3) is 4.79. The number of rotatable bonds is 6. The smallest absolute Gasteiger partial charge is 0.387 e. The topological polar surface area (TPSA) is 21.3 Å². The molecule has 0 saturated carbocycles. The average Bonchev–Trinajstić information content (AvgIpc) is 2.45. The van der Waals surface area contributed by atoms with Crippen molar-refractivity contribution in [3.8, 4) is 5.75 Å². The maximum absolute atomic E-state index is 12.4. The van der Waals surface area contributed by atoms with Crippen molar-refractivity contribution >= 4 is 15.9 Å². The summed E-state index contributed by atoms with van der Waals surface area (Å²) in [5.74, 6) is 0.210. The summed E-state index contributed by atoms with van der Waals surface area (Å²) in [5.41, 5.74) is 1.83. The zero-order valence-corrected chi connectivity index (χ0v) is 13.1. The van der Waals surface area contributed by atoms with Gasteiger partial charge in [0.1, 0.15) is 5.75 Å². The SMILES string of the molecule is CC(NCc1ccccc1OC(F)F)c1cccc(Br)c1. The largest absolute Gasteiger partial charge is 0.434 e. The van der Waals surface area contributed by atoms with Crippen molar-refractivity contribution in [2.45, 2.75) is 26.1 Å². The van der Waals surface area contributed by atoms with Crippen molar-refractivity contribution in [2.75, 3.05) is 0 Å². The summed E-state index contributed by atoms with van der Waals surface area (Å²) < 4.78 is 30.3. The summed E-state index contributed by atoms with van der Waals surface area (Å²) in [4.78, 5) is 0. The van der Waals surface area contributed by atoms with Crippen LogP contribution in [0.1, 0.15) is 24.1 Å². The van der Waals surface area contributed by atoms with Crippen molar-refractivity contribution in [1.82, 2.24) is 5.32 Å². The van der Waals surface area contributed by atoms with Crippen molar-refractivity contribution in [2.24, 2.45) is 0 Å². The number of para-hydroxylation sites is 1. The first kappa shape index (κ1) is 15.9. The fourth-order valence-corrected chi connectivity index (χ4v) is 2.43. The maximum Gasteiger partial charge on any atom is 0.387 e. The molecule has 0 aliphatic carbocycles. The molecule has 1 unspecified atom stereocenters. The van der Waals surface area contributed by atoms with E-state index in [1.165, 1.54) is 0 Å². The Hall–Kier alpha value is -1.46. The van der Waals surface area contributed by atoms with Gasteiger partial charge < -0.3 is 10.1 Å². The molecular formula is C16H16BrF2NO. The van der Waals surface area contributed by atoms with Gasteiger partial charge in [-0.25, -0.2) is 0 Å². The number of hydrogen-bond donors (Lipinski definition) is 1. The highest BCUT2D eigenvalue weighted by molar-refractivity contribution is 9.10. The third-order valence-electron chi connectivity index (χ3n) is 3.14. The van der Waals surface area contributed by atoms with E-state index in [0.29, 0.717) is 12.1 Å². The van der Waals surface area contributed by atoms with Crippen molar-refractivity contribution in [3.05, 3.63) is 64.1 Å². The Labute approximate surface area is 131 Å². The molecule has 0 aliphatic heterocycles. The molecule has 112 valence electrons. The van der Waals surface area contributed by atoms with Gasteiger partial charge in [-0.1, -0.05) is 46.3 Å². The highest BCUT2D eigenvalue weighted by Gasteiger charge is 2.10.